The smallest absolute Gasteiger partial charge is 0.411 e. The van der Waals surface area contributed by atoms with Gasteiger partial charge in [0.25, 0.3) is 0 Å². The molecule has 0 unspecified atom stereocenters. The summed E-state index contributed by atoms with van der Waals surface area (Å²) in [6.45, 7) is 0.177. The quantitative estimate of drug-likeness (QED) is 0.882. The lowest BCUT2D eigenvalue weighted by Crippen LogP contribution is -2.15. The number of anilines is 1. The van der Waals surface area contributed by atoms with Gasteiger partial charge in [0.1, 0.15) is 6.61 Å². The number of ether oxygens (including phenoxy) is 1. The molecule has 0 aliphatic carbocycles. The van der Waals surface area contributed by atoms with Crippen LogP contribution in [0.1, 0.15) is 11.1 Å². The maximum absolute atomic E-state index is 11.7. The molecule has 0 saturated heterocycles. The van der Waals surface area contributed by atoms with Crippen molar-refractivity contribution < 1.29 is 17.9 Å². The molecule has 2 aromatic rings. The second-order valence-corrected chi connectivity index (χ2v) is 6.31. The summed E-state index contributed by atoms with van der Waals surface area (Å²) in [4.78, 5) is 11.7. The number of benzene rings is 2. The number of nitrogens with one attached hydrogen (secondary N) is 1. The predicted octanol–water partition coefficient (Wildman–Crippen LogP) is 2.22. The number of amides is 1. The average molecular weight is 320 g/mol. The monoisotopic (exact) mass is 320 g/mol. The molecule has 0 spiro atoms. The van der Waals surface area contributed by atoms with Gasteiger partial charge in [-0.05, 0) is 23.3 Å². The zero-order valence-electron chi connectivity index (χ0n) is 11.7. The molecule has 0 aliphatic rings. The maximum atomic E-state index is 11.7. The van der Waals surface area contributed by atoms with Crippen molar-refractivity contribution in [1.29, 1.82) is 0 Å². The number of hydrogen-bond donors (Lipinski definition) is 2. The fourth-order valence-electron chi connectivity index (χ4n) is 1.79. The fourth-order valence-corrected chi connectivity index (χ4v) is 2.45. The number of carbonyl (C=O) groups excluding carboxylic acids is 1. The topological polar surface area (TPSA) is 98.5 Å². The standard InChI is InChI=1S/C15H16N2O4S/c16-22(19,20)11-13-6-8-14(9-7-13)17-15(18)21-10-12-4-2-1-3-5-12/h1-9H,10-11H2,(H,17,18)(H2,16,19,20). The minimum Gasteiger partial charge on any atom is -0.444 e. The summed E-state index contributed by atoms with van der Waals surface area (Å²) in [6, 6.07) is 15.7. The summed E-state index contributed by atoms with van der Waals surface area (Å²) in [6.07, 6.45) is -0.581. The lowest BCUT2D eigenvalue weighted by atomic mass is 10.2. The van der Waals surface area contributed by atoms with Crippen LogP contribution in [0.5, 0.6) is 0 Å². The summed E-state index contributed by atoms with van der Waals surface area (Å²) in [5.41, 5.74) is 1.95. The van der Waals surface area contributed by atoms with Crippen molar-refractivity contribution in [3.05, 3.63) is 65.7 Å². The first kappa shape index (κ1) is 16.0. The van der Waals surface area contributed by atoms with Gasteiger partial charge in [0, 0.05) is 5.69 Å². The van der Waals surface area contributed by atoms with Crippen LogP contribution >= 0.6 is 0 Å². The molecule has 1 amide bonds. The maximum Gasteiger partial charge on any atom is 0.411 e. The summed E-state index contributed by atoms with van der Waals surface area (Å²) in [5.74, 6) is -0.244. The molecule has 0 aliphatic heterocycles. The van der Waals surface area contributed by atoms with Crippen LogP contribution < -0.4 is 10.5 Å². The summed E-state index contributed by atoms with van der Waals surface area (Å²) in [5, 5.41) is 7.52. The molecule has 0 heterocycles. The van der Waals surface area contributed by atoms with Gasteiger partial charge in [0.15, 0.2) is 0 Å². The SMILES string of the molecule is NS(=O)(=O)Cc1ccc(NC(=O)OCc2ccccc2)cc1. The van der Waals surface area contributed by atoms with Gasteiger partial charge in [-0.15, -0.1) is 0 Å². The van der Waals surface area contributed by atoms with Crippen molar-refractivity contribution in [3.63, 3.8) is 0 Å². The lowest BCUT2D eigenvalue weighted by molar-refractivity contribution is 0.155. The Bertz CT molecular complexity index is 728. The molecule has 116 valence electrons. The molecule has 0 bridgehead atoms. The Labute approximate surface area is 129 Å². The third-order valence-corrected chi connectivity index (χ3v) is 3.52. The fraction of sp³-hybridized carbons (Fsp3) is 0.133. The van der Waals surface area contributed by atoms with Gasteiger partial charge in [-0.2, -0.15) is 0 Å². The van der Waals surface area contributed by atoms with E-state index in [9.17, 15) is 13.2 Å². The summed E-state index contributed by atoms with van der Waals surface area (Å²) in [7, 11) is -3.56. The Morgan fingerprint density at radius 3 is 2.23 bits per heavy atom. The average Bonchev–Trinajstić information content (AvgIpc) is 2.47. The van der Waals surface area contributed by atoms with Crippen LogP contribution in [-0.4, -0.2) is 14.5 Å². The first-order chi connectivity index (χ1) is 10.4. The zero-order chi connectivity index (χ0) is 16.0. The van der Waals surface area contributed by atoms with E-state index in [1.165, 1.54) is 0 Å². The summed E-state index contributed by atoms with van der Waals surface area (Å²) >= 11 is 0. The van der Waals surface area contributed by atoms with Crippen molar-refractivity contribution in [3.8, 4) is 0 Å². The van der Waals surface area contributed by atoms with E-state index in [0.717, 1.165) is 5.56 Å². The Hall–Kier alpha value is -2.38. The Morgan fingerprint density at radius 2 is 1.64 bits per heavy atom. The van der Waals surface area contributed by atoms with E-state index in [1.54, 1.807) is 24.3 Å². The van der Waals surface area contributed by atoms with Crippen LogP contribution in [0.2, 0.25) is 0 Å². The number of primary sulfonamides is 1. The van der Waals surface area contributed by atoms with E-state index in [4.69, 9.17) is 9.88 Å². The minimum atomic E-state index is -3.56. The largest absolute Gasteiger partial charge is 0.444 e. The highest BCUT2D eigenvalue weighted by Gasteiger charge is 2.06. The molecular formula is C15H16N2O4S. The normalized spacial score (nSPS) is 11.0. The van der Waals surface area contributed by atoms with Crippen molar-refractivity contribution in [2.24, 2.45) is 5.14 Å². The van der Waals surface area contributed by atoms with Gasteiger partial charge >= 0.3 is 6.09 Å². The first-order valence-corrected chi connectivity index (χ1v) is 8.21. The van der Waals surface area contributed by atoms with Gasteiger partial charge in [0.05, 0.1) is 5.75 Å². The molecule has 0 saturated carbocycles. The highest BCUT2D eigenvalue weighted by molar-refractivity contribution is 7.88. The van der Waals surface area contributed by atoms with Crippen LogP contribution in [0.4, 0.5) is 10.5 Å². The van der Waals surface area contributed by atoms with E-state index in [2.05, 4.69) is 5.32 Å². The molecule has 6 nitrogen and oxygen atoms in total. The van der Waals surface area contributed by atoms with E-state index in [1.807, 2.05) is 30.3 Å². The Balaban J connectivity index is 1.86. The first-order valence-electron chi connectivity index (χ1n) is 6.49. The van der Waals surface area contributed by atoms with Crippen LogP contribution in [0.3, 0.4) is 0 Å². The van der Waals surface area contributed by atoms with Crippen LogP contribution in [0, 0.1) is 0 Å². The van der Waals surface area contributed by atoms with E-state index in [-0.39, 0.29) is 12.4 Å². The second-order valence-electron chi connectivity index (χ2n) is 4.69. The van der Waals surface area contributed by atoms with Crippen molar-refractivity contribution in [2.45, 2.75) is 12.4 Å². The Kier molecular flexibility index (Phi) is 5.13. The molecular weight excluding hydrogens is 304 g/mol. The van der Waals surface area contributed by atoms with Gasteiger partial charge in [-0.3, -0.25) is 5.32 Å². The summed E-state index contributed by atoms with van der Waals surface area (Å²) < 4.78 is 27.0. The van der Waals surface area contributed by atoms with E-state index >= 15 is 0 Å². The molecule has 22 heavy (non-hydrogen) atoms. The molecule has 0 aromatic heterocycles. The molecule has 0 radical (unpaired) electrons. The minimum absolute atomic E-state index is 0.177. The lowest BCUT2D eigenvalue weighted by Gasteiger charge is -2.07. The third-order valence-electron chi connectivity index (χ3n) is 2.78. The zero-order valence-corrected chi connectivity index (χ0v) is 12.5. The number of sulfonamides is 1. The predicted molar refractivity (Wildman–Crippen MR) is 83.5 cm³/mol. The van der Waals surface area contributed by atoms with Gasteiger partial charge in [-0.1, -0.05) is 42.5 Å². The number of rotatable bonds is 5. The van der Waals surface area contributed by atoms with Crippen molar-refractivity contribution >= 4 is 21.8 Å². The van der Waals surface area contributed by atoms with Crippen molar-refractivity contribution in [2.75, 3.05) is 5.32 Å². The number of carbonyl (C=O) groups is 1. The molecule has 3 N–H and O–H groups in total. The number of hydrogen-bond acceptors (Lipinski definition) is 4. The van der Waals surface area contributed by atoms with E-state index in [0.29, 0.717) is 11.3 Å². The Morgan fingerprint density at radius 1 is 1.00 bits per heavy atom. The van der Waals surface area contributed by atoms with Crippen LogP contribution in [0.15, 0.2) is 54.6 Å². The van der Waals surface area contributed by atoms with Crippen molar-refractivity contribution in [1.82, 2.24) is 0 Å². The molecule has 7 heteroatoms. The number of nitrogens with two attached hydrogens (primary N) is 1. The van der Waals surface area contributed by atoms with Gasteiger partial charge < -0.3 is 4.74 Å². The van der Waals surface area contributed by atoms with E-state index < -0.39 is 16.1 Å². The van der Waals surface area contributed by atoms with Gasteiger partial charge in [-0.25, -0.2) is 18.4 Å². The molecule has 0 atom stereocenters. The second kappa shape index (κ2) is 7.06. The highest BCUT2D eigenvalue weighted by atomic mass is 32.2. The molecule has 2 aromatic carbocycles. The highest BCUT2D eigenvalue weighted by Crippen LogP contribution is 2.12. The molecule has 0 fully saturated rings. The van der Waals surface area contributed by atoms with Crippen LogP contribution in [0.25, 0.3) is 0 Å². The third kappa shape index (κ3) is 5.55. The molecule has 2 rings (SSSR count). The van der Waals surface area contributed by atoms with Crippen LogP contribution in [-0.2, 0) is 27.1 Å². The van der Waals surface area contributed by atoms with Gasteiger partial charge in [0.2, 0.25) is 10.0 Å².